The minimum Gasteiger partial charge on any atom is -0.339 e. The van der Waals surface area contributed by atoms with Gasteiger partial charge in [-0.25, -0.2) is 0 Å². The van der Waals surface area contributed by atoms with E-state index in [1.54, 1.807) is 0 Å². The molecule has 1 aliphatic rings. The molecule has 16 heavy (non-hydrogen) atoms. The van der Waals surface area contributed by atoms with Crippen molar-refractivity contribution in [2.75, 3.05) is 26.2 Å². The van der Waals surface area contributed by atoms with E-state index in [0.29, 0.717) is 18.4 Å². The van der Waals surface area contributed by atoms with Crippen molar-refractivity contribution >= 4 is 5.91 Å². The topological polar surface area (TPSA) is 23.6 Å². The molecular formula is C13H26N2O. The zero-order chi connectivity index (χ0) is 12.0. The van der Waals surface area contributed by atoms with Gasteiger partial charge in [-0.15, -0.1) is 0 Å². The SMILES string of the molecule is CCCN(C(=O)CC)C(C)CN1CCCC1. The molecule has 3 heteroatoms. The molecule has 1 rings (SSSR count). The molecule has 0 aliphatic carbocycles. The van der Waals surface area contributed by atoms with Crippen LogP contribution in [0.5, 0.6) is 0 Å². The largest absolute Gasteiger partial charge is 0.339 e. The quantitative estimate of drug-likeness (QED) is 0.692. The van der Waals surface area contributed by atoms with Gasteiger partial charge in [0, 0.05) is 25.6 Å². The van der Waals surface area contributed by atoms with Crippen molar-refractivity contribution in [3.05, 3.63) is 0 Å². The molecule has 0 saturated carbocycles. The molecule has 0 N–H and O–H groups in total. The van der Waals surface area contributed by atoms with Gasteiger partial charge in [0.15, 0.2) is 0 Å². The molecule has 1 atom stereocenters. The zero-order valence-corrected chi connectivity index (χ0v) is 11.0. The Bertz CT molecular complexity index is 212. The lowest BCUT2D eigenvalue weighted by Crippen LogP contribution is -2.45. The minimum atomic E-state index is 0.300. The summed E-state index contributed by atoms with van der Waals surface area (Å²) < 4.78 is 0. The number of amides is 1. The second kappa shape index (κ2) is 6.89. The fourth-order valence-corrected chi connectivity index (χ4v) is 2.47. The molecule has 1 fully saturated rings. The highest BCUT2D eigenvalue weighted by atomic mass is 16.2. The molecule has 0 aromatic heterocycles. The molecule has 0 spiro atoms. The normalized spacial score (nSPS) is 18.7. The van der Waals surface area contributed by atoms with Crippen LogP contribution in [0.25, 0.3) is 0 Å². The van der Waals surface area contributed by atoms with Crippen LogP contribution in [-0.2, 0) is 4.79 Å². The number of nitrogens with zero attached hydrogens (tertiary/aromatic N) is 2. The lowest BCUT2D eigenvalue weighted by atomic mass is 10.2. The second-order valence-electron chi connectivity index (χ2n) is 4.80. The first kappa shape index (κ1) is 13.5. The number of rotatable bonds is 6. The van der Waals surface area contributed by atoms with Crippen molar-refractivity contribution in [1.82, 2.24) is 9.80 Å². The van der Waals surface area contributed by atoms with Gasteiger partial charge in [0.05, 0.1) is 0 Å². The molecule has 1 aliphatic heterocycles. The van der Waals surface area contributed by atoms with Gasteiger partial charge in [-0.1, -0.05) is 13.8 Å². The smallest absolute Gasteiger partial charge is 0.222 e. The fraction of sp³-hybridized carbons (Fsp3) is 0.923. The molecule has 0 aromatic carbocycles. The van der Waals surface area contributed by atoms with Crippen LogP contribution in [-0.4, -0.2) is 47.9 Å². The number of likely N-dealkylation sites (tertiary alicyclic amines) is 1. The summed E-state index contributed by atoms with van der Waals surface area (Å²) in [5.41, 5.74) is 0. The Morgan fingerprint density at radius 3 is 2.44 bits per heavy atom. The van der Waals surface area contributed by atoms with E-state index in [1.807, 2.05) is 6.92 Å². The number of hydrogen-bond donors (Lipinski definition) is 0. The van der Waals surface area contributed by atoms with Gasteiger partial charge in [0.1, 0.15) is 0 Å². The van der Waals surface area contributed by atoms with Crippen molar-refractivity contribution < 1.29 is 4.79 Å². The summed E-state index contributed by atoms with van der Waals surface area (Å²) in [6.45, 7) is 10.6. The zero-order valence-electron chi connectivity index (χ0n) is 11.0. The van der Waals surface area contributed by atoms with E-state index in [4.69, 9.17) is 0 Å². The third kappa shape index (κ3) is 3.78. The van der Waals surface area contributed by atoms with Crippen LogP contribution in [0.1, 0.15) is 46.5 Å². The third-order valence-corrected chi connectivity index (χ3v) is 3.34. The van der Waals surface area contributed by atoms with Crippen LogP contribution in [0.4, 0.5) is 0 Å². The van der Waals surface area contributed by atoms with Gasteiger partial charge in [-0.3, -0.25) is 4.79 Å². The van der Waals surface area contributed by atoms with E-state index in [0.717, 1.165) is 19.5 Å². The summed E-state index contributed by atoms with van der Waals surface area (Å²) in [6.07, 6.45) is 4.32. The third-order valence-electron chi connectivity index (χ3n) is 3.34. The lowest BCUT2D eigenvalue weighted by Gasteiger charge is -2.31. The van der Waals surface area contributed by atoms with Crippen molar-refractivity contribution in [3.8, 4) is 0 Å². The Labute approximate surface area is 99.8 Å². The van der Waals surface area contributed by atoms with E-state index >= 15 is 0 Å². The predicted molar refractivity (Wildman–Crippen MR) is 67.4 cm³/mol. The molecule has 0 aromatic rings. The summed E-state index contributed by atoms with van der Waals surface area (Å²) >= 11 is 0. The molecule has 1 unspecified atom stereocenters. The van der Waals surface area contributed by atoms with Gasteiger partial charge in [0.2, 0.25) is 5.91 Å². The highest BCUT2D eigenvalue weighted by molar-refractivity contribution is 5.76. The molecule has 1 amide bonds. The predicted octanol–water partition coefficient (Wildman–Crippen LogP) is 2.12. The van der Waals surface area contributed by atoms with Crippen LogP contribution in [0.3, 0.4) is 0 Å². The molecule has 1 heterocycles. The van der Waals surface area contributed by atoms with Gasteiger partial charge < -0.3 is 9.80 Å². The molecule has 1 saturated heterocycles. The average Bonchev–Trinajstić information content (AvgIpc) is 2.77. The second-order valence-corrected chi connectivity index (χ2v) is 4.80. The Kier molecular flexibility index (Phi) is 5.81. The summed E-state index contributed by atoms with van der Waals surface area (Å²) in [7, 11) is 0. The maximum Gasteiger partial charge on any atom is 0.222 e. The summed E-state index contributed by atoms with van der Waals surface area (Å²) in [6, 6.07) is 0.366. The van der Waals surface area contributed by atoms with Gasteiger partial charge >= 0.3 is 0 Å². The van der Waals surface area contributed by atoms with E-state index in [1.165, 1.54) is 25.9 Å². The van der Waals surface area contributed by atoms with Crippen LogP contribution in [0.2, 0.25) is 0 Å². The highest BCUT2D eigenvalue weighted by Crippen LogP contribution is 2.11. The Morgan fingerprint density at radius 1 is 1.31 bits per heavy atom. The highest BCUT2D eigenvalue weighted by Gasteiger charge is 2.21. The fourth-order valence-electron chi connectivity index (χ4n) is 2.47. The molecule has 94 valence electrons. The maximum absolute atomic E-state index is 11.8. The van der Waals surface area contributed by atoms with Gasteiger partial charge in [-0.05, 0) is 39.3 Å². The maximum atomic E-state index is 11.8. The van der Waals surface area contributed by atoms with E-state index in [9.17, 15) is 4.79 Å². The van der Waals surface area contributed by atoms with Crippen LogP contribution < -0.4 is 0 Å². The van der Waals surface area contributed by atoms with E-state index in [-0.39, 0.29) is 0 Å². The first-order valence-corrected chi connectivity index (χ1v) is 6.70. The summed E-state index contributed by atoms with van der Waals surface area (Å²) in [5.74, 6) is 0.300. The lowest BCUT2D eigenvalue weighted by molar-refractivity contribution is -0.133. The number of hydrogen-bond acceptors (Lipinski definition) is 2. The first-order chi connectivity index (χ1) is 7.69. The van der Waals surface area contributed by atoms with Crippen LogP contribution >= 0.6 is 0 Å². The Morgan fingerprint density at radius 2 is 1.94 bits per heavy atom. The first-order valence-electron chi connectivity index (χ1n) is 6.70. The van der Waals surface area contributed by atoms with E-state index < -0.39 is 0 Å². The minimum absolute atomic E-state index is 0.300. The Hall–Kier alpha value is -0.570. The standard InChI is InChI=1S/C13H26N2O/c1-4-8-15(13(16)5-2)12(3)11-14-9-6-7-10-14/h12H,4-11H2,1-3H3. The van der Waals surface area contributed by atoms with Crippen LogP contribution in [0.15, 0.2) is 0 Å². The monoisotopic (exact) mass is 226 g/mol. The number of carbonyl (C=O) groups excluding carboxylic acids is 1. The van der Waals surface area contributed by atoms with Crippen LogP contribution in [0, 0.1) is 0 Å². The molecule has 3 nitrogen and oxygen atoms in total. The van der Waals surface area contributed by atoms with Gasteiger partial charge in [-0.2, -0.15) is 0 Å². The van der Waals surface area contributed by atoms with Crippen molar-refractivity contribution in [2.45, 2.75) is 52.5 Å². The number of carbonyl (C=O) groups is 1. The molecular weight excluding hydrogens is 200 g/mol. The van der Waals surface area contributed by atoms with Crippen molar-refractivity contribution in [2.24, 2.45) is 0 Å². The Balaban J connectivity index is 2.45. The molecule has 0 radical (unpaired) electrons. The van der Waals surface area contributed by atoms with Crippen molar-refractivity contribution in [1.29, 1.82) is 0 Å². The van der Waals surface area contributed by atoms with Gasteiger partial charge in [0.25, 0.3) is 0 Å². The van der Waals surface area contributed by atoms with E-state index in [2.05, 4.69) is 23.6 Å². The van der Waals surface area contributed by atoms with Crippen molar-refractivity contribution in [3.63, 3.8) is 0 Å². The average molecular weight is 226 g/mol. The summed E-state index contributed by atoms with van der Waals surface area (Å²) in [4.78, 5) is 16.4. The molecule has 0 bridgehead atoms. The summed E-state index contributed by atoms with van der Waals surface area (Å²) in [5, 5.41) is 0.